The lowest BCUT2D eigenvalue weighted by Crippen LogP contribution is -2.61. The second kappa shape index (κ2) is 10.2. The van der Waals surface area contributed by atoms with Crippen LogP contribution in [0.1, 0.15) is 40.5 Å². The monoisotopic (exact) mass is 333 g/mol. The van der Waals surface area contributed by atoms with Crippen molar-refractivity contribution in [2.24, 2.45) is 0 Å². The van der Waals surface area contributed by atoms with Crippen molar-refractivity contribution >= 4 is 34.7 Å². The van der Waals surface area contributed by atoms with Gasteiger partial charge in [0.2, 0.25) is 11.4 Å². The maximum absolute atomic E-state index is 12.2. The molecule has 0 bridgehead atoms. The molecule has 0 radical (unpaired) electrons. The topological polar surface area (TPSA) is 98.8 Å². The minimum Gasteiger partial charge on any atom is -0.464 e. The summed E-state index contributed by atoms with van der Waals surface area (Å²) in [5, 5.41) is 2.31. The Morgan fingerprint density at radius 3 is 1.86 bits per heavy atom. The zero-order valence-corrected chi connectivity index (χ0v) is 14.2. The quantitative estimate of drug-likeness (QED) is 0.382. The van der Waals surface area contributed by atoms with Gasteiger partial charge in [0.15, 0.2) is 5.12 Å². The highest BCUT2D eigenvalue weighted by Crippen LogP contribution is 2.20. The second-order valence-corrected chi connectivity index (χ2v) is 5.74. The summed E-state index contributed by atoms with van der Waals surface area (Å²) < 4.78 is 9.85. The lowest BCUT2D eigenvalue weighted by atomic mass is 9.93. The molecule has 0 aromatic carbocycles. The zero-order valence-electron chi connectivity index (χ0n) is 13.4. The van der Waals surface area contributed by atoms with E-state index in [0.29, 0.717) is 12.2 Å². The second-order valence-electron chi connectivity index (χ2n) is 4.47. The summed E-state index contributed by atoms with van der Waals surface area (Å²) in [6, 6.07) is 0. The maximum atomic E-state index is 12.2. The van der Waals surface area contributed by atoms with Gasteiger partial charge in [-0.3, -0.25) is 9.59 Å². The van der Waals surface area contributed by atoms with Gasteiger partial charge in [0.1, 0.15) is 0 Å². The summed E-state index contributed by atoms with van der Waals surface area (Å²) in [5.74, 6) is -1.82. The highest BCUT2D eigenvalue weighted by Gasteiger charge is 2.49. The Morgan fingerprint density at radius 2 is 1.50 bits per heavy atom. The molecule has 126 valence electrons. The third-order valence-corrected chi connectivity index (χ3v) is 3.54. The van der Waals surface area contributed by atoms with Crippen molar-refractivity contribution in [1.29, 1.82) is 0 Å². The Kier molecular flexibility index (Phi) is 9.48. The number of hydrogen-bond donors (Lipinski definition) is 1. The summed E-state index contributed by atoms with van der Waals surface area (Å²) >= 11 is 1.09. The van der Waals surface area contributed by atoms with Crippen molar-refractivity contribution in [3.63, 3.8) is 0 Å². The Labute approximate surface area is 134 Å². The Bertz CT molecular complexity index is 406. The van der Waals surface area contributed by atoms with Crippen LogP contribution < -0.4 is 5.32 Å². The van der Waals surface area contributed by atoms with E-state index in [-0.39, 0.29) is 24.7 Å². The Balaban J connectivity index is 5.25. The van der Waals surface area contributed by atoms with Crippen molar-refractivity contribution in [2.45, 2.75) is 46.1 Å². The minimum atomic E-state index is -1.87. The molecule has 0 rings (SSSR count). The van der Waals surface area contributed by atoms with Gasteiger partial charge in [-0.1, -0.05) is 11.8 Å². The SMILES string of the molecule is CCOC(=O)C(CCCSC(C)=O)(NC(C)=O)C(=O)OCC. The van der Waals surface area contributed by atoms with E-state index in [1.807, 2.05) is 0 Å². The Morgan fingerprint density at radius 1 is 1.00 bits per heavy atom. The van der Waals surface area contributed by atoms with Crippen LogP contribution in [0.2, 0.25) is 0 Å². The van der Waals surface area contributed by atoms with Crippen molar-refractivity contribution in [3.05, 3.63) is 0 Å². The fraction of sp³-hybridized carbons (Fsp3) is 0.714. The third-order valence-electron chi connectivity index (χ3n) is 2.64. The highest BCUT2D eigenvalue weighted by molar-refractivity contribution is 8.13. The lowest BCUT2D eigenvalue weighted by molar-refractivity contribution is -0.168. The normalized spacial score (nSPS) is 10.7. The van der Waals surface area contributed by atoms with Gasteiger partial charge in [-0.2, -0.15) is 0 Å². The van der Waals surface area contributed by atoms with Gasteiger partial charge in [-0.15, -0.1) is 0 Å². The van der Waals surface area contributed by atoms with Crippen LogP contribution in [0.4, 0.5) is 0 Å². The fourth-order valence-corrected chi connectivity index (χ4v) is 2.39. The third kappa shape index (κ3) is 6.46. The summed E-state index contributed by atoms with van der Waals surface area (Å²) in [7, 11) is 0. The zero-order chi connectivity index (χ0) is 17.2. The molecule has 0 spiro atoms. The van der Waals surface area contributed by atoms with E-state index in [0.717, 1.165) is 11.8 Å². The molecule has 8 heteroatoms. The molecule has 0 heterocycles. The molecule has 0 aliphatic carbocycles. The first-order chi connectivity index (χ1) is 10.3. The fourth-order valence-electron chi connectivity index (χ4n) is 1.81. The van der Waals surface area contributed by atoms with Crippen LogP contribution in [0.5, 0.6) is 0 Å². The van der Waals surface area contributed by atoms with Crippen molar-refractivity contribution in [1.82, 2.24) is 5.32 Å². The summed E-state index contributed by atoms with van der Waals surface area (Å²) in [4.78, 5) is 46.8. The van der Waals surface area contributed by atoms with Gasteiger partial charge in [0.25, 0.3) is 0 Å². The number of thioether (sulfide) groups is 1. The van der Waals surface area contributed by atoms with Crippen LogP contribution in [0.3, 0.4) is 0 Å². The van der Waals surface area contributed by atoms with Gasteiger partial charge in [0, 0.05) is 19.6 Å². The molecule has 0 aromatic rings. The number of esters is 2. The van der Waals surface area contributed by atoms with Gasteiger partial charge < -0.3 is 14.8 Å². The summed E-state index contributed by atoms with van der Waals surface area (Å²) in [6.45, 7) is 5.99. The van der Waals surface area contributed by atoms with Crippen LogP contribution in [-0.2, 0) is 28.7 Å². The summed E-state index contributed by atoms with van der Waals surface area (Å²) in [6.07, 6.45) is 0.368. The van der Waals surface area contributed by atoms with E-state index >= 15 is 0 Å². The van der Waals surface area contributed by atoms with Crippen LogP contribution in [0.15, 0.2) is 0 Å². The molecular formula is C14H23NO6S. The standard InChI is InChI=1S/C14H23NO6S/c1-5-20-12(18)14(15-10(3)16,13(19)21-6-2)8-7-9-22-11(4)17/h5-9H2,1-4H3,(H,15,16). The smallest absolute Gasteiger partial charge is 0.343 e. The molecule has 0 fully saturated rings. The number of carbonyl (C=O) groups is 4. The first kappa shape index (κ1) is 20.4. The predicted octanol–water partition coefficient (Wildman–Crippen LogP) is 1.05. The largest absolute Gasteiger partial charge is 0.464 e. The molecule has 0 aromatic heterocycles. The van der Waals surface area contributed by atoms with Crippen molar-refractivity contribution in [2.75, 3.05) is 19.0 Å². The van der Waals surface area contributed by atoms with Gasteiger partial charge in [-0.25, -0.2) is 9.59 Å². The number of hydrogen-bond acceptors (Lipinski definition) is 7. The van der Waals surface area contributed by atoms with Crippen LogP contribution in [-0.4, -0.2) is 47.5 Å². The Hall–Kier alpha value is -1.57. The number of rotatable bonds is 9. The van der Waals surface area contributed by atoms with Crippen LogP contribution >= 0.6 is 11.8 Å². The number of amides is 1. The van der Waals surface area contributed by atoms with Crippen molar-refractivity contribution < 1.29 is 28.7 Å². The van der Waals surface area contributed by atoms with E-state index in [1.165, 1.54) is 13.8 Å². The number of ether oxygens (including phenoxy) is 2. The predicted molar refractivity (Wildman–Crippen MR) is 82.2 cm³/mol. The molecule has 7 nitrogen and oxygen atoms in total. The maximum Gasteiger partial charge on any atom is 0.343 e. The molecule has 0 atom stereocenters. The van der Waals surface area contributed by atoms with E-state index < -0.39 is 23.4 Å². The first-order valence-corrected chi connectivity index (χ1v) is 8.05. The molecular weight excluding hydrogens is 310 g/mol. The van der Waals surface area contributed by atoms with Crippen LogP contribution in [0, 0.1) is 0 Å². The lowest BCUT2D eigenvalue weighted by Gasteiger charge is -2.29. The molecule has 1 N–H and O–H groups in total. The highest BCUT2D eigenvalue weighted by atomic mass is 32.2. The molecule has 1 amide bonds. The van der Waals surface area contributed by atoms with Crippen molar-refractivity contribution in [3.8, 4) is 0 Å². The van der Waals surface area contributed by atoms with Gasteiger partial charge >= 0.3 is 11.9 Å². The number of nitrogens with one attached hydrogen (secondary N) is 1. The van der Waals surface area contributed by atoms with E-state index in [1.54, 1.807) is 13.8 Å². The molecule has 22 heavy (non-hydrogen) atoms. The first-order valence-electron chi connectivity index (χ1n) is 7.06. The molecule has 0 unspecified atom stereocenters. The van der Waals surface area contributed by atoms with Gasteiger partial charge in [0.05, 0.1) is 13.2 Å². The van der Waals surface area contributed by atoms with E-state index in [4.69, 9.17) is 9.47 Å². The average molecular weight is 333 g/mol. The summed E-state index contributed by atoms with van der Waals surface area (Å²) in [5.41, 5.74) is -1.87. The van der Waals surface area contributed by atoms with Crippen LogP contribution in [0.25, 0.3) is 0 Å². The molecule has 0 saturated carbocycles. The molecule has 0 saturated heterocycles. The molecule has 0 aliphatic heterocycles. The van der Waals surface area contributed by atoms with Gasteiger partial charge in [-0.05, 0) is 26.7 Å². The minimum absolute atomic E-state index is 0.00449. The molecule has 0 aliphatic rings. The van der Waals surface area contributed by atoms with E-state index in [2.05, 4.69) is 5.32 Å². The van der Waals surface area contributed by atoms with E-state index in [9.17, 15) is 19.2 Å². The average Bonchev–Trinajstić information content (AvgIpc) is 2.41. The number of carbonyl (C=O) groups excluding carboxylic acids is 4.